The summed E-state index contributed by atoms with van der Waals surface area (Å²) in [6, 6.07) is 9.35. The van der Waals surface area contributed by atoms with Crippen LogP contribution in [0.25, 0.3) is 6.08 Å². The van der Waals surface area contributed by atoms with Crippen LogP contribution in [0.1, 0.15) is 65.9 Å². The van der Waals surface area contributed by atoms with Gasteiger partial charge in [-0.15, -0.1) is 0 Å². The summed E-state index contributed by atoms with van der Waals surface area (Å²) in [7, 11) is 0. The van der Waals surface area contributed by atoms with Gasteiger partial charge in [0.1, 0.15) is 24.6 Å². The zero-order valence-electron chi connectivity index (χ0n) is 25.0. The van der Waals surface area contributed by atoms with Crippen molar-refractivity contribution in [1.82, 2.24) is 0 Å². The van der Waals surface area contributed by atoms with Crippen molar-refractivity contribution < 1.29 is 42.9 Å². The second-order valence-electron chi connectivity index (χ2n) is 12.8. The highest BCUT2D eigenvalue weighted by Gasteiger charge is 2.72. The molecule has 228 valence electrons. The first-order valence-electron chi connectivity index (χ1n) is 15.0. The van der Waals surface area contributed by atoms with E-state index in [0.29, 0.717) is 19.4 Å². The summed E-state index contributed by atoms with van der Waals surface area (Å²) in [4.78, 5) is 51.1. The summed E-state index contributed by atoms with van der Waals surface area (Å²) < 4.78 is 30.6. The van der Waals surface area contributed by atoms with Crippen LogP contribution in [0, 0.1) is 34.5 Å². The van der Waals surface area contributed by atoms with Gasteiger partial charge in [-0.05, 0) is 37.3 Å². The number of benzene rings is 1. The fraction of sp³-hybridized carbons (Fsp3) is 0.636. The molecule has 11 atom stereocenters. The number of esters is 3. The Balaban J connectivity index is 1.60. The minimum absolute atomic E-state index is 0.230. The van der Waals surface area contributed by atoms with E-state index >= 15 is 0 Å². The van der Waals surface area contributed by atoms with Crippen molar-refractivity contribution in [3.63, 3.8) is 0 Å². The number of aldehydes is 1. The van der Waals surface area contributed by atoms with Gasteiger partial charge in [-0.1, -0.05) is 51.1 Å². The number of carbonyl (C=O) groups is 4. The largest absolute Gasteiger partial charge is 0.462 e. The molecule has 1 aromatic carbocycles. The van der Waals surface area contributed by atoms with Crippen LogP contribution in [0.15, 0.2) is 36.4 Å². The lowest BCUT2D eigenvalue weighted by Crippen LogP contribution is -2.72. The van der Waals surface area contributed by atoms with Crippen LogP contribution in [0.5, 0.6) is 0 Å². The average molecular weight is 583 g/mol. The minimum atomic E-state index is -1.04. The van der Waals surface area contributed by atoms with Gasteiger partial charge in [-0.2, -0.15) is 0 Å². The maximum atomic E-state index is 13.4. The summed E-state index contributed by atoms with van der Waals surface area (Å²) in [5.74, 6) is -2.70. The molecule has 2 aliphatic carbocycles. The van der Waals surface area contributed by atoms with Gasteiger partial charge in [-0.3, -0.25) is 9.59 Å². The molecule has 0 spiro atoms. The van der Waals surface area contributed by atoms with Gasteiger partial charge in [0, 0.05) is 54.4 Å². The number of carbonyl (C=O) groups excluding carboxylic acids is 4. The molecular weight excluding hydrogens is 540 g/mol. The molecule has 0 radical (unpaired) electrons. The maximum absolute atomic E-state index is 13.4. The topological polar surface area (TPSA) is 114 Å². The zero-order chi connectivity index (χ0) is 30.2. The Bertz CT molecular complexity index is 1200. The predicted octanol–water partition coefficient (Wildman–Crippen LogP) is 4.51. The van der Waals surface area contributed by atoms with Crippen molar-refractivity contribution >= 4 is 30.3 Å². The molecule has 0 unspecified atom stereocenters. The van der Waals surface area contributed by atoms with Gasteiger partial charge in [-0.25, -0.2) is 4.79 Å². The van der Waals surface area contributed by atoms with Gasteiger partial charge in [0.05, 0.1) is 12.7 Å². The predicted molar refractivity (Wildman–Crippen MR) is 151 cm³/mol. The van der Waals surface area contributed by atoms with Crippen LogP contribution < -0.4 is 0 Å². The second-order valence-corrected chi connectivity index (χ2v) is 12.8. The summed E-state index contributed by atoms with van der Waals surface area (Å²) in [6.07, 6.45) is 3.40. The lowest BCUT2D eigenvalue weighted by Gasteiger charge is -2.66. The first kappa shape index (κ1) is 30.4. The molecule has 42 heavy (non-hydrogen) atoms. The number of hydrogen-bond acceptors (Lipinski definition) is 9. The van der Waals surface area contributed by atoms with Crippen molar-refractivity contribution in [2.24, 2.45) is 34.5 Å². The Morgan fingerprint density at radius 2 is 1.67 bits per heavy atom. The fourth-order valence-electron chi connectivity index (χ4n) is 8.54. The van der Waals surface area contributed by atoms with Gasteiger partial charge < -0.3 is 28.5 Å². The van der Waals surface area contributed by atoms with Gasteiger partial charge in [0.25, 0.3) is 0 Å². The monoisotopic (exact) mass is 582 g/mol. The molecular formula is C33H42O9. The van der Waals surface area contributed by atoms with Crippen LogP contribution in [-0.2, 0) is 42.9 Å². The molecule has 2 saturated heterocycles. The molecule has 2 saturated carbocycles. The normalized spacial score (nSPS) is 41.0. The van der Waals surface area contributed by atoms with Crippen LogP contribution in [0.3, 0.4) is 0 Å². The molecule has 0 N–H and O–H groups in total. The third kappa shape index (κ3) is 5.30. The number of rotatable bonds is 7. The van der Waals surface area contributed by atoms with E-state index in [-0.39, 0.29) is 24.2 Å². The smallest absolute Gasteiger partial charge is 0.331 e. The Labute approximate surface area is 247 Å². The van der Waals surface area contributed by atoms with Gasteiger partial charge in [0.15, 0.2) is 6.29 Å². The average Bonchev–Trinajstić information content (AvgIpc) is 3.56. The maximum Gasteiger partial charge on any atom is 0.331 e. The van der Waals surface area contributed by atoms with Gasteiger partial charge in [0.2, 0.25) is 0 Å². The molecule has 9 heteroatoms. The van der Waals surface area contributed by atoms with E-state index < -0.39 is 58.9 Å². The third-order valence-electron chi connectivity index (χ3n) is 10.6. The van der Waals surface area contributed by atoms with Crippen molar-refractivity contribution in [3.05, 3.63) is 42.0 Å². The highest BCUT2D eigenvalue weighted by Crippen LogP contribution is 2.66. The van der Waals surface area contributed by atoms with Gasteiger partial charge >= 0.3 is 17.9 Å². The second kappa shape index (κ2) is 11.9. The quantitative estimate of drug-likeness (QED) is 0.198. The van der Waals surface area contributed by atoms with Crippen molar-refractivity contribution in [2.75, 3.05) is 6.61 Å². The lowest BCUT2D eigenvalue weighted by molar-refractivity contribution is -0.287. The van der Waals surface area contributed by atoms with E-state index in [1.165, 1.54) is 19.9 Å². The standard InChI is InChI=1S/C33H42O9/c1-19-28(40-21(3)36)30(42-27(37)14-11-22-9-7-6-8-10-22)33(5)24(18-34)12-13-25(39-20(2)35)29(33)32(19,4)26-17-23-15-16-38-31(23)41-26/h6-11,14,18-19,23-26,28-31H,12-13,15-17H2,1-5H3/b14-11+/t19-,23+,24+,25-,26-,28-,29-,30+,31+,32-,33+/m1/s1. The Morgan fingerprint density at radius 3 is 2.31 bits per heavy atom. The van der Waals surface area contributed by atoms with Crippen molar-refractivity contribution in [2.45, 2.75) is 91.0 Å². The first-order valence-corrected chi connectivity index (χ1v) is 15.0. The SMILES string of the molecule is CC(=O)O[C@@H]1[C@@H](C)[C@](C)([C@H]2C[C@@H]3CCO[C@H]3O2)[C@H]2[C@H](OC(C)=O)CC[C@@H](C=O)[C@]2(C)[C@H]1OC(=O)/C=C/c1ccccc1. The molecule has 4 fully saturated rings. The summed E-state index contributed by atoms with van der Waals surface area (Å²) in [5.41, 5.74) is -0.948. The van der Waals surface area contributed by atoms with E-state index in [0.717, 1.165) is 24.7 Å². The molecule has 0 bridgehead atoms. The van der Waals surface area contributed by atoms with E-state index in [9.17, 15) is 19.2 Å². The molecule has 1 aromatic rings. The van der Waals surface area contributed by atoms with E-state index in [4.69, 9.17) is 23.7 Å². The van der Waals surface area contributed by atoms with Crippen LogP contribution in [-0.4, -0.2) is 61.5 Å². The highest BCUT2D eigenvalue weighted by atomic mass is 16.7. The number of fused-ring (bicyclic) bond motifs is 2. The summed E-state index contributed by atoms with van der Waals surface area (Å²) >= 11 is 0. The molecule has 2 heterocycles. The lowest BCUT2D eigenvalue weighted by atomic mass is 9.41. The Hall–Kier alpha value is -3.04. The summed E-state index contributed by atoms with van der Waals surface area (Å²) in [5, 5.41) is 0. The molecule has 5 rings (SSSR count). The molecule has 2 aliphatic heterocycles. The van der Waals surface area contributed by atoms with Crippen molar-refractivity contribution in [1.29, 1.82) is 0 Å². The first-order chi connectivity index (χ1) is 20.0. The number of ether oxygens (including phenoxy) is 5. The molecule has 9 nitrogen and oxygen atoms in total. The zero-order valence-corrected chi connectivity index (χ0v) is 25.0. The summed E-state index contributed by atoms with van der Waals surface area (Å²) in [6.45, 7) is 9.32. The fourth-order valence-corrected chi connectivity index (χ4v) is 8.54. The van der Waals surface area contributed by atoms with E-state index in [1.807, 2.05) is 44.2 Å². The molecule has 0 amide bonds. The molecule has 0 aromatic heterocycles. The van der Waals surface area contributed by atoms with Crippen molar-refractivity contribution in [3.8, 4) is 0 Å². The minimum Gasteiger partial charge on any atom is -0.462 e. The van der Waals surface area contributed by atoms with Crippen LogP contribution in [0.4, 0.5) is 0 Å². The Morgan fingerprint density at radius 1 is 0.952 bits per heavy atom. The Kier molecular flexibility index (Phi) is 8.63. The number of hydrogen-bond donors (Lipinski definition) is 0. The highest BCUT2D eigenvalue weighted by molar-refractivity contribution is 5.87. The van der Waals surface area contributed by atoms with E-state index in [2.05, 4.69) is 6.92 Å². The van der Waals surface area contributed by atoms with Crippen LogP contribution >= 0.6 is 0 Å². The van der Waals surface area contributed by atoms with Crippen LogP contribution in [0.2, 0.25) is 0 Å². The third-order valence-corrected chi connectivity index (χ3v) is 10.6. The molecule has 4 aliphatic rings. The van der Waals surface area contributed by atoms with E-state index in [1.54, 1.807) is 6.08 Å².